The Labute approximate surface area is 91.5 Å². The van der Waals surface area contributed by atoms with E-state index in [4.69, 9.17) is 0 Å². The van der Waals surface area contributed by atoms with Crippen molar-refractivity contribution in [3.05, 3.63) is 34.4 Å². The van der Waals surface area contributed by atoms with E-state index in [0.717, 1.165) is 17.5 Å². The Hall–Kier alpha value is -1.11. The van der Waals surface area contributed by atoms with Crippen LogP contribution in [-0.4, -0.2) is 5.78 Å². The topological polar surface area (TPSA) is 17.1 Å². The zero-order valence-corrected chi connectivity index (χ0v) is 9.98. The van der Waals surface area contributed by atoms with Gasteiger partial charge in [0, 0.05) is 12.0 Å². The molecule has 80 valence electrons. The van der Waals surface area contributed by atoms with Crippen molar-refractivity contribution in [1.29, 1.82) is 0 Å². The van der Waals surface area contributed by atoms with Gasteiger partial charge in [0.25, 0.3) is 0 Å². The zero-order valence-electron chi connectivity index (χ0n) is 9.98. The highest BCUT2D eigenvalue weighted by atomic mass is 16.1. The van der Waals surface area contributed by atoms with Gasteiger partial charge in [-0.25, -0.2) is 0 Å². The fourth-order valence-corrected chi connectivity index (χ4v) is 2.55. The lowest BCUT2D eigenvalue weighted by Gasteiger charge is -2.32. The minimum atomic E-state index is 0.128. The van der Waals surface area contributed by atoms with Crippen molar-refractivity contribution in [2.75, 3.05) is 0 Å². The van der Waals surface area contributed by atoms with Gasteiger partial charge in [-0.15, -0.1) is 0 Å². The molecule has 0 fully saturated rings. The van der Waals surface area contributed by atoms with Crippen LogP contribution in [0.4, 0.5) is 0 Å². The first-order chi connectivity index (χ1) is 6.91. The molecular weight excluding hydrogens is 184 g/mol. The predicted molar refractivity (Wildman–Crippen MR) is 62.3 cm³/mol. The van der Waals surface area contributed by atoms with Crippen LogP contribution in [0.5, 0.6) is 0 Å². The second-order valence-electron chi connectivity index (χ2n) is 5.49. The van der Waals surface area contributed by atoms with E-state index in [2.05, 4.69) is 32.9 Å². The highest BCUT2D eigenvalue weighted by Gasteiger charge is 2.32. The highest BCUT2D eigenvalue weighted by Crippen LogP contribution is 2.37. The van der Waals surface area contributed by atoms with E-state index in [1.165, 1.54) is 11.1 Å². The van der Waals surface area contributed by atoms with E-state index in [0.29, 0.717) is 12.2 Å². The third-order valence-electron chi connectivity index (χ3n) is 3.33. The summed E-state index contributed by atoms with van der Waals surface area (Å²) in [5.41, 5.74) is 4.79. The van der Waals surface area contributed by atoms with Crippen molar-refractivity contribution in [1.82, 2.24) is 0 Å². The molecule has 0 atom stereocenters. The molecule has 0 N–H and O–H groups in total. The lowest BCUT2D eigenvalue weighted by Crippen LogP contribution is -2.28. The Bertz CT molecular complexity index is 427. The number of benzene rings is 1. The van der Waals surface area contributed by atoms with Crippen LogP contribution in [0.3, 0.4) is 0 Å². The third kappa shape index (κ3) is 1.71. The quantitative estimate of drug-likeness (QED) is 0.629. The molecule has 0 spiro atoms. The van der Waals surface area contributed by atoms with Crippen LogP contribution in [0, 0.1) is 19.3 Å². The molecule has 0 bridgehead atoms. The van der Waals surface area contributed by atoms with Crippen molar-refractivity contribution in [2.24, 2.45) is 5.41 Å². The van der Waals surface area contributed by atoms with E-state index in [1.807, 2.05) is 6.92 Å². The van der Waals surface area contributed by atoms with Crippen LogP contribution < -0.4 is 0 Å². The fraction of sp³-hybridized carbons (Fsp3) is 0.500. The lowest BCUT2D eigenvalue weighted by atomic mass is 9.71. The molecule has 15 heavy (non-hydrogen) atoms. The fourth-order valence-electron chi connectivity index (χ4n) is 2.55. The van der Waals surface area contributed by atoms with Crippen LogP contribution in [-0.2, 0) is 6.42 Å². The van der Waals surface area contributed by atoms with Crippen LogP contribution >= 0.6 is 0 Å². The number of carbonyl (C=O) groups excluding carboxylic acids is 1. The first-order valence-electron chi connectivity index (χ1n) is 5.53. The number of carbonyl (C=O) groups is 1. The SMILES string of the molecule is Cc1ccc(C)c2c1CC(C)(C)CC2=O. The largest absolute Gasteiger partial charge is 0.294 e. The van der Waals surface area contributed by atoms with Crippen LogP contribution in [0.15, 0.2) is 12.1 Å². The molecule has 0 aromatic heterocycles. The van der Waals surface area contributed by atoms with Gasteiger partial charge < -0.3 is 0 Å². The Kier molecular flexibility index (Phi) is 2.22. The van der Waals surface area contributed by atoms with Gasteiger partial charge in [-0.05, 0) is 42.4 Å². The summed E-state index contributed by atoms with van der Waals surface area (Å²) in [4.78, 5) is 12.1. The molecule has 0 heterocycles. The zero-order chi connectivity index (χ0) is 11.2. The summed E-state index contributed by atoms with van der Waals surface area (Å²) in [6, 6.07) is 4.19. The van der Waals surface area contributed by atoms with Crippen molar-refractivity contribution >= 4 is 5.78 Å². The first kappa shape index (κ1) is 10.4. The van der Waals surface area contributed by atoms with Gasteiger partial charge in [0.2, 0.25) is 0 Å². The van der Waals surface area contributed by atoms with Gasteiger partial charge in [-0.2, -0.15) is 0 Å². The summed E-state index contributed by atoms with van der Waals surface area (Å²) in [7, 11) is 0. The summed E-state index contributed by atoms with van der Waals surface area (Å²) < 4.78 is 0. The maximum absolute atomic E-state index is 12.1. The molecule has 1 aliphatic rings. The number of ketones is 1. The smallest absolute Gasteiger partial charge is 0.163 e. The Morgan fingerprint density at radius 1 is 1.07 bits per heavy atom. The van der Waals surface area contributed by atoms with Crippen molar-refractivity contribution in [2.45, 2.75) is 40.5 Å². The average molecular weight is 202 g/mol. The number of hydrogen-bond donors (Lipinski definition) is 0. The van der Waals surface area contributed by atoms with Crippen molar-refractivity contribution < 1.29 is 4.79 Å². The average Bonchev–Trinajstić information content (AvgIpc) is 2.09. The van der Waals surface area contributed by atoms with Crippen molar-refractivity contribution in [3.8, 4) is 0 Å². The maximum atomic E-state index is 12.1. The van der Waals surface area contributed by atoms with Crippen LogP contribution in [0.2, 0.25) is 0 Å². The number of rotatable bonds is 0. The van der Waals surface area contributed by atoms with E-state index < -0.39 is 0 Å². The number of fused-ring (bicyclic) bond motifs is 1. The van der Waals surface area contributed by atoms with Gasteiger partial charge in [0.05, 0.1) is 0 Å². The highest BCUT2D eigenvalue weighted by molar-refractivity contribution is 6.00. The van der Waals surface area contributed by atoms with Gasteiger partial charge in [-0.3, -0.25) is 4.79 Å². The van der Waals surface area contributed by atoms with Gasteiger partial charge in [0.15, 0.2) is 5.78 Å². The molecular formula is C14H18O. The van der Waals surface area contributed by atoms with Gasteiger partial charge >= 0.3 is 0 Å². The molecule has 0 amide bonds. The number of Topliss-reactive ketones (excluding diaryl/α,β-unsaturated/α-hetero) is 1. The predicted octanol–water partition coefficient (Wildman–Crippen LogP) is 3.46. The minimum absolute atomic E-state index is 0.128. The summed E-state index contributed by atoms with van der Waals surface area (Å²) in [6.07, 6.45) is 1.71. The van der Waals surface area contributed by atoms with E-state index in [-0.39, 0.29) is 5.41 Å². The molecule has 1 aromatic rings. The summed E-state index contributed by atoms with van der Waals surface area (Å²) in [6.45, 7) is 8.49. The second-order valence-corrected chi connectivity index (χ2v) is 5.49. The standard InChI is InChI=1S/C14H18O/c1-9-5-6-10(2)13-11(9)7-14(3,4)8-12(13)15/h5-6H,7-8H2,1-4H3. The molecule has 0 unspecified atom stereocenters. The third-order valence-corrected chi connectivity index (χ3v) is 3.33. The van der Waals surface area contributed by atoms with Crippen molar-refractivity contribution in [3.63, 3.8) is 0 Å². The van der Waals surface area contributed by atoms with Crippen LogP contribution in [0.1, 0.15) is 47.3 Å². The Morgan fingerprint density at radius 2 is 1.67 bits per heavy atom. The molecule has 0 saturated heterocycles. The minimum Gasteiger partial charge on any atom is -0.294 e. The maximum Gasteiger partial charge on any atom is 0.163 e. The summed E-state index contributed by atoms with van der Waals surface area (Å²) in [5, 5.41) is 0. The summed E-state index contributed by atoms with van der Waals surface area (Å²) >= 11 is 0. The Balaban J connectivity index is 2.64. The first-order valence-corrected chi connectivity index (χ1v) is 5.53. The molecule has 1 aliphatic carbocycles. The summed E-state index contributed by atoms with van der Waals surface area (Å²) in [5.74, 6) is 0.322. The van der Waals surface area contributed by atoms with E-state index in [1.54, 1.807) is 0 Å². The molecule has 1 nitrogen and oxygen atoms in total. The molecule has 0 saturated carbocycles. The molecule has 0 aliphatic heterocycles. The van der Waals surface area contributed by atoms with Gasteiger partial charge in [-0.1, -0.05) is 26.0 Å². The van der Waals surface area contributed by atoms with E-state index in [9.17, 15) is 4.79 Å². The van der Waals surface area contributed by atoms with Gasteiger partial charge in [0.1, 0.15) is 0 Å². The molecule has 1 heteroatoms. The lowest BCUT2D eigenvalue weighted by molar-refractivity contribution is 0.0911. The number of aryl methyl sites for hydroxylation is 2. The molecule has 0 radical (unpaired) electrons. The normalized spacial score (nSPS) is 18.8. The van der Waals surface area contributed by atoms with E-state index >= 15 is 0 Å². The molecule has 1 aromatic carbocycles. The Morgan fingerprint density at radius 3 is 2.33 bits per heavy atom. The second kappa shape index (κ2) is 3.19. The number of hydrogen-bond acceptors (Lipinski definition) is 1. The monoisotopic (exact) mass is 202 g/mol. The molecule has 2 rings (SSSR count). The van der Waals surface area contributed by atoms with Crippen LogP contribution in [0.25, 0.3) is 0 Å².